The Balaban J connectivity index is 2.20. The van der Waals surface area contributed by atoms with Crippen LogP contribution >= 0.6 is 11.6 Å². The van der Waals surface area contributed by atoms with Crippen LogP contribution in [-0.4, -0.2) is 24.0 Å². The van der Waals surface area contributed by atoms with E-state index in [1.807, 2.05) is 6.92 Å². The van der Waals surface area contributed by atoms with Crippen LogP contribution in [0.3, 0.4) is 0 Å². The number of nitrogens with zero attached hydrogens (tertiary/aromatic N) is 1. The van der Waals surface area contributed by atoms with Gasteiger partial charge in [-0.1, -0.05) is 23.7 Å². The van der Waals surface area contributed by atoms with E-state index in [1.165, 1.54) is 19.2 Å². The summed E-state index contributed by atoms with van der Waals surface area (Å²) in [5.41, 5.74) is 1.67. The van der Waals surface area contributed by atoms with E-state index in [0.29, 0.717) is 10.7 Å². The molecule has 0 aliphatic rings. The van der Waals surface area contributed by atoms with Crippen molar-refractivity contribution >= 4 is 29.2 Å². The number of hydrogen-bond acceptors (Lipinski definition) is 4. The van der Waals surface area contributed by atoms with E-state index in [1.54, 1.807) is 24.3 Å². The SMILES string of the molecule is COC(=O)c1cccc(C(=O)Nc2ccc(C)c(Cl)c2)n1. The Hall–Kier alpha value is -2.40. The predicted octanol–water partition coefficient (Wildman–Crippen LogP) is 3.08. The van der Waals surface area contributed by atoms with Crippen molar-refractivity contribution in [3.05, 3.63) is 58.4 Å². The molecule has 0 atom stereocenters. The minimum atomic E-state index is -0.594. The van der Waals surface area contributed by atoms with Gasteiger partial charge >= 0.3 is 5.97 Å². The number of ether oxygens (including phenoxy) is 1. The fourth-order valence-electron chi connectivity index (χ4n) is 1.65. The van der Waals surface area contributed by atoms with E-state index < -0.39 is 11.9 Å². The molecule has 1 amide bonds. The lowest BCUT2D eigenvalue weighted by atomic mass is 10.2. The molecule has 0 fully saturated rings. The first-order valence-electron chi connectivity index (χ1n) is 6.14. The standard InChI is InChI=1S/C15H13ClN2O3/c1-9-6-7-10(8-11(9)16)17-14(19)12-4-3-5-13(18-12)15(20)21-2/h3-8H,1-2H3,(H,17,19). The lowest BCUT2D eigenvalue weighted by Gasteiger charge is -2.07. The van der Waals surface area contributed by atoms with Gasteiger partial charge < -0.3 is 10.1 Å². The van der Waals surface area contributed by atoms with Crippen LogP contribution in [0, 0.1) is 6.92 Å². The van der Waals surface area contributed by atoms with Crippen LogP contribution in [0.25, 0.3) is 0 Å². The molecule has 0 aliphatic heterocycles. The van der Waals surface area contributed by atoms with Crippen molar-refractivity contribution in [2.75, 3.05) is 12.4 Å². The molecule has 1 heterocycles. The second-order valence-electron chi connectivity index (χ2n) is 4.32. The summed E-state index contributed by atoms with van der Waals surface area (Å²) in [5, 5.41) is 3.23. The Bertz CT molecular complexity index is 701. The van der Waals surface area contributed by atoms with Crippen LogP contribution in [0.1, 0.15) is 26.5 Å². The molecule has 5 nitrogen and oxygen atoms in total. The average Bonchev–Trinajstić information content (AvgIpc) is 2.50. The third-order valence-electron chi connectivity index (χ3n) is 2.81. The Morgan fingerprint density at radius 3 is 2.57 bits per heavy atom. The number of benzene rings is 1. The highest BCUT2D eigenvalue weighted by atomic mass is 35.5. The zero-order valence-corrected chi connectivity index (χ0v) is 12.3. The first kappa shape index (κ1) is 15.0. The maximum Gasteiger partial charge on any atom is 0.356 e. The number of anilines is 1. The fourth-order valence-corrected chi connectivity index (χ4v) is 1.83. The summed E-state index contributed by atoms with van der Waals surface area (Å²) < 4.78 is 4.57. The number of pyridine rings is 1. The van der Waals surface area contributed by atoms with Crippen LogP contribution in [-0.2, 0) is 4.74 Å². The molecule has 108 valence electrons. The van der Waals surface area contributed by atoms with Gasteiger partial charge in [-0.3, -0.25) is 4.79 Å². The van der Waals surface area contributed by atoms with Crippen molar-refractivity contribution in [1.82, 2.24) is 4.98 Å². The summed E-state index contributed by atoms with van der Waals surface area (Å²) >= 11 is 6.00. The topological polar surface area (TPSA) is 68.3 Å². The van der Waals surface area contributed by atoms with Crippen molar-refractivity contribution in [2.45, 2.75) is 6.92 Å². The van der Waals surface area contributed by atoms with E-state index in [0.717, 1.165) is 5.56 Å². The lowest BCUT2D eigenvalue weighted by Crippen LogP contribution is -2.16. The maximum absolute atomic E-state index is 12.1. The number of halogens is 1. The smallest absolute Gasteiger partial charge is 0.356 e. The normalized spacial score (nSPS) is 10.0. The molecule has 0 saturated heterocycles. The zero-order valence-electron chi connectivity index (χ0n) is 11.5. The zero-order chi connectivity index (χ0) is 15.4. The number of carbonyl (C=O) groups is 2. The summed E-state index contributed by atoms with van der Waals surface area (Å²) in [5.74, 6) is -1.02. The third kappa shape index (κ3) is 3.58. The summed E-state index contributed by atoms with van der Waals surface area (Å²) in [4.78, 5) is 27.5. The van der Waals surface area contributed by atoms with E-state index in [2.05, 4.69) is 15.0 Å². The monoisotopic (exact) mass is 304 g/mol. The molecule has 0 bridgehead atoms. The largest absolute Gasteiger partial charge is 0.464 e. The lowest BCUT2D eigenvalue weighted by molar-refractivity contribution is 0.0594. The molecule has 0 unspecified atom stereocenters. The predicted molar refractivity (Wildman–Crippen MR) is 79.7 cm³/mol. The molecular formula is C15H13ClN2O3. The number of carbonyl (C=O) groups excluding carboxylic acids is 2. The fraction of sp³-hybridized carbons (Fsp3) is 0.133. The summed E-state index contributed by atoms with van der Waals surface area (Å²) in [6.45, 7) is 1.87. The van der Waals surface area contributed by atoms with Crippen molar-refractivity contribution in [2.24, 2.45) is 0 Å². The van der Waals surface area contributed by atoms with Crippen molar-refractivity contribution < 1.29 is 14.3 Å². The number of aromatic nitrogens is 1. The quantitative estimate of drug-likeness (QED) is 0.885. The summed E-state index contributed by atoms with van der Waals surface area (Å²) in [6.07, 6.45) is 0. The highest BCUT2D eigenvalue weighted by Crippen LogP contribution is 2.20. The molecule has 21 heavy (non-hydrogen) atoms. The van der Waals surface area contributed by atoms with E-state index >= 15 is 0 Å². The number of amides is 1. The van der Waals surface area contributed by atoms with Gasteiger partial charge in [0.15, 0.2) is 0 Å². The van der Waals surface area contributed by atoms with Crippen LogP contribution in [0.15, 0.2) is 36.4 Å². The van der Waals surface area contributed by atoms with Gasteiger partial charge in [0.1, 0.15) is 11.4 Å². The molecule has 0 spiro atoms. The van der Waals surface area contributed by atoms with Crippen LogP contribution in [0.2, 0.25) is 5.02 Å². The van der Waals surface area contributed by atoms with Gasteiger partial charge in [-0.15, -0.1) is 0 Å². The Morgan fingerprint density at radius 1 is 1.19 bits per heavy atom. The molecule has 0 saturated carbocycles. The second kappa shape index (κ2) is 6.37. The van der Waals surface area contributed by atoms with E-state index in [9.17, 15) is 9.59 Å². The number of nitrogens with one attached hydrogen (secondary N) is 1. The van der Waals surface area contributed by atoms with Crippen LogP contribution in [0.4, 0.5) is 5.69 Å². The summed E-state index contributed by atoms with van der Waals surface area (Å²) in [6, 6.07) is 9.75. The second-order valence-corrected chi connectivity index (χ2v) is 4.72. The van der Waals surface area contributed by atoms with Crippen molar-refractivity contribution in [3.63, 3.8) is 0 Å². The number of esters is 1. The van der Waals surface area contributed by atoms with Crippen molar-refractivity contribution in [1.29, 1.82) is 0 Å². The molecule has 0 radical (unpaired) electrons. The number of methoxy groups -OCH3 is 1. The maximum atomic E-state index is 12.1. The molecule has 0 aliphatic carbocycles. The Kier molecular flexibility index (Phi) is 4.55. The molecular weight excluding hydrogens is 292 g/mol. The minimum absolute atomic E-state index is 0.0760. The number of aryl methyl sites for hydroxylation is 1. The molecule has 1 N–H and O–H groups in total. The first-order valence-corrected chi connectivity index (χ1v) is 6.52. The van der Waals surface area contributed by atoms with Crippen LogP contribution < -0.4 is 5.32 Å². The molecule has 1 aromatic carbocycles. The average molecular weight is 305 g/mol. The van der Waals surface area contributed by atoms with Gasteiger partial charge in [0.05, 0.1) is 7.11 Å². The van der Waals surface area contributed by atoms with Gasteiger partial charge in [-0.2, -0.15) is 0 Å². The number of hydrogen-bond donors (Lipinski definition) is 1. The molecule has 6 heteroatoms. The highest BCUT2D eigenvalue weighted by molar-refractivity contribution is 6.31. The Labute approximate surface area is 126 Å². The van der Waals surface area contributed by atoms with Crippen LogP contribution in [0.5, 0.6) is 0 Å². The van der Waals surface area contributed by atoms with Gasteiger partial charge in [0, 0.05) is 10.7 Å². The third-order valence-corrected chi connectivity index (χ3v) is 3.21. The van der Waals surface area contributed by atoms with E-state index in [4.69, 9.17) is 11.6 Å². The first-order chi connectivity index (χ1) is 10.0. The molecule has 1 aromatic heterocycles. The molecule has 2 aromatic rings. The van der Waals surface area contributed by atoms with Gasteiger partial charge in [0.25, 0.3) is 5.91 Å². The Morgan fingerprint density at radius 2 is 1.90 bits per heavy atom. The minimum Gasteiger partial charge on any atom is -0.464 e. The van der Waals surface area contributed by atoms with E-state index in [-0.39, 0.29) is 11.4 Å². The molecule has 2 rings (SSSR count). The van der Waals surface area contributed by atoms with Crippen molar-refractivity contribution in [3.8, 4) is 0 Å². The van der Waals surface area contributed by atoms with Gasteiger partial charge in [0.2, 0.25) is 0 Å². The summed E-state index contributed by atoms with van der Waals surface area (Å²) in [7, 11) is 1.26. The van der Waals surface area contributed by atoms with Gasteiger partial charge in [-0.25, -0.2) is 9.78 Å². The number of rotatable bonds is 3. The highest BCUT2D eigenvalue weighted by Gasteiger charge is 2.13. The van der Waals surface area contributed by atoms with Gasteiger partial charge in [-0.05, 0) is 36.8 Å².